The van der Waals surface area contributed by atoms with Crippen LogP contribution >= 0.6 is 15.9 Å². The third-order valence-electron chi connectivity index (χ3n) is 2.78. The SMILES string of the molecule is Cc1c(F)cc(N)cc1S(=O)(=O)Nc1ccc(F)cc1Br. The minimum Gasteiger partial charge on any atom is -0.399 e. The van der Waals surface area contributed by atoms with E-state index in [1.807, 2.05) is 0 Å². The van der Waals surface area contributed by atoms with E-state index in [1.165, 1.54) is 13.0 Å². The lowest BCUT2D eigenvalue weighted by molar-refractivity contribution is 0.591. The zero-order valence-electron chi connectivity index (χ0n) is 10.8. The van der Waals surface area contributed by atoms with Crippen molar-refractivity contribution in [1.29, 1.82) is 0 Å². The summed E-state index contributed by atoms with van der Waals surface area (Å²) in [5.41, 5.74) is 5.57. The van der Waals surface area contributed by atoms with Gasteiger partial charge in [0.05, 0.1) is 10.6 Å². The maximum atomic E-state index is 13.6. The topological polar surface area (TPSA) is 72.2 Å². The Hall–Kier alpha value is -1.67. The van der Waals surface area contributed by atoms with Crippen LogP contribution in [-0.4, -0.2) is 8.42 Å². The fourth-order valence-electron chi connectivity index (χ4n) is 1.72. The Labute approximate surface area is 129 Å². The quantitative estimate of drug-likeness (QED) is 0.806. The second kappa shape index (κ2) is 5.61. The molecule has 2 aromatic carbocycles. The number of hydrogen-bond acceptors (Lipinski definition) is 3. The predicted molar refractivity (Wildman–Crippen MR) is 80.5 cm³/mol. The van der Waals surface area contributed by atoms with Crippen molar-refractivity contribution in [2.45, 2.75) is 11.8 Å². The van der Waals surface area contributed by atoms with Crippen LogP contribution in [0.15, 0.2) is 39.7 Å². The van der Waals surface area contributed by atoms with Gasteiger partial charge < -0.3 is 5.73 Å². The summed E-state index contributed by atoms with van der Waals surface area (Å²) in [6, 6.07) is 5.69. The maximum Gasteiger partial charge on any atom is 0.262 e. The van der Waals surface area contributed by atoms with Gasteiger partial charge in [-0.3, -0.25) is 4.72 Å². The second-order valence-corrected chi connectivity index (χ2v) is 6.86. The van der Waals surface area contributed by atoms with Crippen LogP contribution in [0.4, 0.5) is 20.2 Å². The average molecular weight is 377 g/mol. The number of nitrogens with two attached hydrogens (primary N) is 1. The first-order valence-electron chi connectivity index (χ1n) is 5.74. The summed E-state index contributed by atoms with van der Waals surface area (Å²) in [5, 5.41) is 0. The highest BCUT2D eigenvalue weighted by Gasteiger charge is 2.21. The first-order valence-corrected chi connectivity index (χ1v) is 8.02. The zero-order chi connectivity index (χ0) is 15.8. The molecular formula is C13H11BrF2N2O2S. The van der Waals surface area contributed by atoms with Gasteiger partial charge in [0.1, 0.15) is 11.6 Å². The van der Waals surface area contributed by atoms with Crippen LogP contribution in [-0.2, 0) is 10.0 Å². The summed E-state index contributed by atoms with van der Waals surface area (Å²) in [6.07, 6.45) is 0. The van der Waals surface area contributed by atoms with Crippen LogP contribution in [0.2, 0.25) is 0 Å². The molecule has 0 amide bonds. The first kappa shape index (κ1) is 15.7. The smallest absolute Gasteiger partial charge is 0.262 e. The number of halogens is 3. The Bertz CT molecular complexity index is 810. The van der Waals surface area contributed by atoms with Gasteiger partial charge in [0.2, 0.25) is 0 Å². The molecule has 0 aliphatic carbocycles. The highest BCUT2D eigenvalue weighted by molar-refractivity contribution is 9.10. The van der Waals surface area contributed by atoms with Crippen LogP contribution in [0.5, 0.6) is 0 Å². The van der Waals surface area contributed by atoms with Gasteiger partial charge in [0.15, 0.2) is 0 Å². The van der Waals surface area contributed by atoms with E-state index < -0.39 is 21.7 Å². The van der Waals surface area contributed by atoms with Crippen LogP contribution in [0.3, 0.4) is 0 Å². The summed E-state index contributed by atoms with van der Waals surface area (Å²) in [7, 11) is -4.05. The van der Waals surface area contributed by atoms with Crippen molar-refractivity contribution in [1.82, 2.24) is 0 Å². The molecule has 0 saturated heterocycles. The summed E-state index contributed by atoms with van der Waals surface area (Å²) in [5.74, 6) is -1.23. The molecule has 0 aromatic heterocycles. The van der Waals surface area contributed by atoms with Gasteiger partial charge in [-0.05, 0) is 53.2 Å². The number of sulfonamides is 1. The minimum absolute atomic E-state index is 0.00310. The molecular weight excluding hydrogens is 366 g/mol. The normalized spacial score (nSPS) is 11.4. The molecule has 0 aliphatic heterocycles. The van der Waals surface area contributed by atoms with Gasteiger partial charge in [-0.25, -0.2) is 17.2 Å². The first-order chi connectivity index (χ1) is 9.70. The molecule has 21 heavy (non-hydrogen) atoms. The van der Waals surface area contributed by atoms with E-state index in [0.717, 1.165) is 24.3 Å². The molecule has 0 bridgehead atoms. The summed E-state index contributed by atoms with van der Waals surface area (Å²) in [4.78, 5) is -0.267. The highest BCUT2D eigenvalue weighted by Crippen LogP contribution is 2.28. The molecule has 0 fully saturated rings. The third kappa shape index (κ3) is 3.33. The largest absolute Gasteiger partial charge is 0.399 e. The molecule has 2 rings (SSSR count). The molecule has 0 atom stereocenters. The number of hydrogen-bond donors (Lipinski definition) is 2. The van der Waals surface area contributed by atoms with E-state index in [2.05, 4.69) is 20.7 Å². The van der Waals surface area contributed by atoms with Gasteiger partial charge >= 0.3 is 0 Å². The van der Waals surface area contributed by atoms with Crippen LogP contribution < -0.4 is 10.5 Å². The zero-order valence-corrected chi connectivity index (χ0v) is 13.2. The van der Waals surface area contributed by atoms with Crippen LogP contribution in [0, 0.1) is 18.6 Å². The Balaban J connectivity index is 2.48. The van der Waals surface area contributed by atoms with Crippen molar-refractivity contribution in [3.63, 3.8) is 0 Å². The summed E-state index contributed by atoms with van der Waals surface area (Å²) >= 11 is 3.05. The average Bonchev–Trinajstić information content (AvgIpc) is 2.37. The lowest BCUT2D eigenvalue weighted by atomic mass is 10.2. The summed E-state index contributed by atoms with van der Waals surface area (Å²) in [6.45, 7) is 1.34. The number of benzene rings is 2. The molecule has 8 heteroatoms. The van der Waals surface area contributed by atoms with Crippen molar-refractivity contribution in [3.8, 4) is 0 Å². The fourth-order valence-corrected chi connectivity index (χ4v) is 3.68. The number of rotatable bonds is 3. The summed E-state index contributed by atoms with van der Waals surface area (Å²) < 4.78 is 53.7. The predicted octanol–water partition coefficient (Wildman–Crippen LogP) is 3.42. The Kier molecular flexibility index (Phi) is 4.20. The third-order valence-corrected chi connectivity index (χ3v) is 4.93. The van der Waals surface area contributed by atoms with Gasteiger partial charge in [0.25, 0.3) is 10.0 Å². The van der Waals surface area contributed by atoms with Crippen molar-refractivity contribution < 1.29 is 17.2 Å². The van der Waals surface area contributed by atoms with Crippen molar-refractivity contribution >= 4 is 37.3 Å². The van der Waals surface area contributed by atoms with Crippen LogP contribution in [0.1, 0.15) is 5.56 Å². The van der Waals surface area contributed by atoms with Crippen molar-refractivity contribution in [3.05, 3.63) is 52.0 Å². The molecule has 0 heterocycles. The van der Waals surface area contributed by atoms with E-state index in [4.69, 9.17) is 5.73 Å². The fraction of sp³-hybridized carbons (Fsp3) is 0.0769. The lowest BCUT2D eigenvalue weighted by Gasteiger charge is -2.13. The minimum atomic E-state index is -4.05. The highest BCUT2D eigenvalue weighted by atomic mass is 79.9. The lowest BCUT2D eigenvalue weighted by Crippen LogP contribution is -2.15. The van der Waals surface area contributed by atoms with Gasteiger partial charge in [-0.15, -0.1) is 0 Å². The van der Waals surface area contributed by atoms with E-state index >= 15 is 0 Å². The number of nitrogens with one attached hydrogen (secondary N) is 1. The van der Waals surface area contributed by atoms with E-state index in [0.29, 0.717) is 0 Å². The van der Waals surface area contributed by atoms with Crippen molar-refractivity contribution in [2.24, 2.45) is 0 Å². The molecule has 0 saturated carbocycles. The molecule has 0 unspecified atom stereocenters. The Morgan fingerprint density at radius 3 is 2.48 bits per heavy atom. The van der Waals surface area contributed by atoms with Gasteiger partial charge in [-0.2, -0.15) is 0 Å². The molecule has 2 aromatic rings. The monoisotopic (exact) mass is 376 g/mol. The molecule has 0 aliphatic rings. The molecule has 112 valence electrons. The van der Waals surface area contributed by atoms with E-state index in [-0.39, 0.29) is 26.3 Å². The number of nitrogen functional groups attached to an aromatic ring is 1. The molecule has 0 spiro atoms. The maximum absolute atomic E-state index is 13.6. The standard InChI is InChI=1S/C13H11BrF2N2O2S/c1-7-11(16)5-9(17)6-13(7)21(19,20)18-12-3-2-8(15)4-10(12)14/h2-6,18H,17H2,1H3. The van der Waals surface area contributed by atoms with E-state index in [9.17, 15) is 17.2 Å². The second-order valence-electron chi connectivity index (χ2n) is 4.36. The Morgan fingerprint density at radius 1 is 1.19 bits per heavy atom. The van der Waals surface area contributed by atoms with Gasteiger partial charge in [0, 0.05) is 15.7 Å². The van der Waals surface area contributed by atoms with E-state index in [1.54, 1.807) is 0 Å². The Morgan fingerprint density at radius 2 is 1.86 bits per heavy atom. The van der Waals surface area contributed by atoms with Gasteiger partial charge in [-0.1, -0.05) is 0 Å². The van der Waals surface area contributed by atoms with Crippen molar-refractivity contribution in [2.75, 3.05) is 10.5 Å². The molecule has 4 nitrogen and oxygen atoms in total. The molecule has 0 radical (unpaired) electrons. The van der Waals surface area contributed by atoms with Crippen LogP contribution in [0.25, 0.3) is 0 Å². The molecule has 3 N–H and O–H groups in total. The number of anilines is 2.